The fourth-order valence-corrected chi connectivity index (χ4v) is 4.99. The molecule has 0 spiro atoms. The number of ether oxygens (including phenoxy) is 1. The van der Waals surface area contributed by atoms with E-state index in [0.29, 0.717) is 17.8 Å². The molecule has 4 rings (SSSR count). The Labute approximate surface area is 205 Å². The molecule has 2 aliphatic rings. The molecule has 2 aromatic rings. The molecule has 1 aromatic heterocycles. The molecule has 1 N–H and O–H groups in total. The van der Waals surface area contributed by atoms with Gasteiger partial charge in [0.05, 0.1) is 11.8 Å². The number of hydrogen-bond acceptors (Lipinski definition) is 6. The van der Waals surface area contributed by atoms with Crippen LogP contribution in [-0.4, -0.2) is 45.6 Å². The second-order valence-corrected chi connectivity index (χ2v) is 10.2. The van der Waals surface area contributed by atoms with Gasteiger partial charge in [0, 0.05) is 18.0 Å². The first-order chi connectivity index (χ1) is 16.7. The number of hydrogen-bond donors (Lipinski definition) is 1. The summed E-state index contributed by atoms with van der Waals surface area (Å²) in [4.78, 5) is 31.9. The van der Waals surface area contributed by atoms with Gasteiger partial charge in [0.1, 0.15) is 29.4 Å². The van der Waals surface area contributed by atoms with Crippen LogP contribution in [0.2, 0.25) is 0 Å². The molecule has 8 heteroatoms. The highest BCUT2D eigenvalue weighted by Gasteiger charge is 2.52. The van der Waals surface area contributed by atoms with Crippen molar-refractivity contribution in [3.8, 4) is 23.4 Å². The second-order valence-electron chi connectivity index (χ2n) is 10.2. The third kappa shape index (κ3) is 5.44. The minimum absolute atomic E-state index is 0.00632. The molecule has 4 unspecified atom stereocenters. The molecule has 1 aliphatic carbocycles. The maximum absolute atomic E-state index is 13.2. The smallest absolute Gasteiger partial charge is 0.411 e. The Bertz CT molecular complexity index is 1190. The molecule has 1 saturated heterocycles. The van der Waals surface area contributed by atoms with Crippen molar-refractivity contribution in [2.45, 2.75) is 70.2 Å². The van der Waals surface area contributed by atoms with Crippen LogP contribution in [0.25, 0.3) is 11.3 Å². The van der Waals surface area contributed by atoms with E-state index in [0.717, 1.165) is 30.4 Å². The minimum atomic E-state index is -0.729. The van der Waals surface area contributed by atoms with Crippen molar-refractivity contribution in [3.05, 3.63) is 53.7 Å². The third-order valence-corrected chi connectivity index (χ3v) is 6.48. The molecule has 2 amide bonds. The lowest BCUT2D eigenvalue weighted by Gasteiger charge is -2.35. The van der Waals surface area contributed by atoms with Gasteiger partial charge in [-0.15, -0.1) is 0 Å². The van der Waals surface area contributed by atoms with Crippen molar-refractivity contribution in [3.63, 3.8) is 0 Å². The SMILES string of the molecule is CC(C)(C)OC(=O)N1C2CCC(C2)C1C(=O)NC(C#N)Cc1ccc(-c2cccc(C#N)n2)cc1. The standard InChI is InChI=1S/C27H29N5O3/c1-27(2,3)35-26(34)32-22-12-11-19(14-22)24(32)25(33)31-21(16-29)13-17-7-9-18(10-8-17)23-6-4-5-20(15-28)30-23/h4-10,19,21-22,24H,11-14H2,1-3H3,(H,31,33). The highest BCUT2D eigenvalue weighted by Crippen LogP contribution is 2.43. The number of nitrogens with zero attached hydrogens (tertiary/aromatic N) is 4. The molecule has 4 atom stereocenters. The fraction of sp³-hybridized carbons (Fsp3) is 0.444. The number of nitrogens with one attached hydrogen (secondary N) is 1. The zero-order valence-electron chi connectivity index (χ0n) is 20.2. The van der Waals surface area contributed by atoms with E-state index in [9.17, 15) is 14.9 Å². The number of piperidine rings is 1. The number of rotatable bonds is 5. The van der Waals surface area contributed by atoms with E-state index >= 15 is 0 Å². The van der Waals surface area contributed by atoms with Crippen LogP contribution in [0.5, 0.6) is 0 Å². The van der Waals surface area contributed by atoms with Crippen molar-refractivity contribution in [2.75, 3.05) is 0 Å². The summed E-state index contributed by atoms with van der Waals surface area (Å²) >= 11 is 0. The van der Waals surface area contributed by atoms with Crippen LogP contribution in [0.15, 0.2) is 42.5 Å². The van der Waals surface area contributed by atoms with Crippen LogP contribution in [0, 0.1) is 28.6 Å². The van der Waals surface area contributed by atoms with Gasteiger partial charge >= 0.3 is 6.09 Å². The second kappa shape index (κ2) is 9.76. The Morgan fingerprint density at radius 1 is 1.17 bits per heavy atom. The van der Waals surface area contributed by atoms with E-state index in [2.05, 4.69) is 16.4 Å². The van der Waals surface area contributed by atoms with E-state index in [1.54, 1.807) is 17.0 Å². The molecule has 1 aromatic carbocycles. The number of nitriles is 2. The summed E-state index contributed by atoms with van der Waals surface area (Å²) < 4.78 is 5.56. The normalized spacial score (nSPS) is 21.6. The molecule has 1 saturated carbocycles. The largest absolute Gasteiger partial charge is 0.444 e. The average Bonchev–Trinajstić information content (AvgIpc) is 3.45. The number of benzene rings is 1. The van der Waals surface area contributed by atoms with Crippen LogP contribution in [-0.2, 0) is 16.0 Å². The van der Waals surface area contributed by atoms with Crippen LogP contribution < -0.4 is 5.32 Å². The zero-order chi connectivity index (χ0) is 25.2. The quantitative estimate of drug-likeness (QED) is 0.705. The molecule has 2 bridgehead atoms. The Morgan fingerprint density at radius 3 is 2.57 bits per heavy atom. The van der Waals surface area contributed by atoms with Gasteiger partial charge in [-0.3, -0.25) is 9.69 Å². The fourth-order valence-electron chi connectivity index (χ4n) is 4.99. The first kappa shape index (κ1) is 24.2. The number of amides is 2. The van der Waals surface area contributed by atoms with Crippen LogP contribution in [0.4, 0.5) is 4.79 Å². The number of likely N-dealkylation sites (tertiary alicyclic amines) is 1. The van der Waals surface area contributed by atoms with Gasteiger partial charge < -0.3 is 10.1 Å². The third-order valence-electron chi connectivity index (χ3n) is 6.48. The van der Waals surface area contributed by atoms with Gasteiger partial charge in [-0.1, -0.05) is 30.3 Å². The van der Waals surface area contributed by atoms with Gasteiger partial charge in [0.25, 0.3) is 0 Å². The van der Waals surface area contributed by atoms with E-state index in [1.807, 2.05) is 57.2 Å². The van der Waals surface area contributed by atoms with Gasteiger partial charge in [0.15, 0.2) is 0 Å². The molecule has 0 radical (unpaired) electrons. The summed E-state index contributed by atoms with van der Waals surface area (Å²) in [5.74, 6) is -0.216. The highest BCUT2D eigenvalue weighted by molar-refractivity contribution is 5.87. The molecule has 8 nitrogen and oxygen atoms in total. The lowest BCUT2D eigenvalue weighted by atomic mass is 9.97. The molecule has 2 fully saturated rings. The monoisotopic (exact) mass is 471 g/mol. The minimum Gasteiger partial charge on any atom is -0.444 e. The van der Waals surface area contributed by atoms with Crippen molar-refractivity contribution in [2.24, 2.45) is 5.92 Å². The van der Waals surface area contributed by atoms with Crippen LogP contribution in [0.1, 0.15) is 51.3 Å². The summed E-state index contributed by atoms with van der Waals surface area (Å²) in [5, 5.41) is 21.6. The van der Waals surface area contributed by atoms with Crippen LogP contribution >= 0.6 is 0 Å². The Morgan fingerprint density at radius 2 is 1.91 bits per heavy atom. The number of carbonyl (C=O) groups excluding carboxylic acids is 2. The topological polar surface area (TPSA) is 119 Å². The van der Waals surface area contributed by atoms with Crippen LogP contribution in [0.3, 0.4) is 0 Å². The van der Waals surface area contributed by atoms with Crippen molar-refractivity contribution in [1.29, 1.82) is 10.5 Å². The highest BCUT2D eigenvalue weighted by atomic mass is 16.6. The predicted octanol–water partition coefficient (Wildman–Crippen LogP) is 3.96. The summed E-state index contributed by atoms with van der Waals surface area (Å²) in [5.41, 5.74) is 2.14. The van der Waals surface area contributed by atoms with Crippen molar-refractivity contribution in [1.82, 2.24) is 15.2 Å². The van der Waals surface area contributed by atoms with Crippen molar-refractivity contribution < 1.29 is 14.3 Å². The lowest BCUT2D eigenvalue weighted by molar-refractivity contribution is -0.128. The zero-order valence-corrected chi connectivity index (χ0v) is 20.2. The first-order valence-electron chi connectivity index (χ1n) is 11.9. The number of fused-ring (bicyclic) bond motifs is 2. The van der Waals surface area contributed by atoms with Gasteiger partial charge in [-0.2, -0.15) is 10.5 Å². The van der Waals surface area contributed by atoms with E-state index in [4.69, 9.17) is 10.00 Å². The summed E-state index contributed by atoms with van der Waals surface area (Å²) in [6.07, 6.45) is 2.41. The molecular weight excluding hydrogens is 442 g/mol. The Hall–Kier alpha value is -3.91. The first-order valence-corrected chi connectivity index (χ1v) is 11.9. The van der Waals surface area contributed by atoms with Gasteiger partial charge in [-0.25, -0.2) is 9.78 Å². The summed E-state index contributed by atoms with van der Waals surface area (Å²) in [7, 11) is 0. The Balaban J connectivity index is 1.42. The Kier molecular flexibility index (Phi) is 6.75. The molecule has 2 heterocycles. The molecular formula is C27H29N5O3. The average molecular weight is 472 g/mol. The maximum atomic E-state index is 13.2. The lowest BCUT2D eigenvalue weighted by Crippen LogP contribution is -2.55. The summed E-state index contributed by atoms with van der Waals surface area (Å²) in [6, 6.07) is 15.7. The molecule has 1 aliphatic heterocycles. The number of aromatic nitrogens is 1. The van der Waals surface area contributed by atoms with E-state index in [1.165, 1.54) is 0 Å². The number of carbonyl (C=O) groups is 2. The molecule has 180 valence electrons. The number of pyridine rings is 1. The molecule has 35 heavy (non-hydrogen) atoms. The van der Waals surface area contributed by atoms with E-state index in [-0.39, 0.29) is 17.9 Å². The predicted molar refractivity (Wildman–Crippen MR) is 129 cm³/mol. The maximum Gasteiger partial charge on any atom is 0.411 e. The van der Waals surface area contributed by atoms with Gasteiger partial charge in [0.2, 0.25) is 5.91 Å². The van der Waals surface area contributed by atoms with E-state index < -0.39 is 23.8 Å². The van der Waals surface area contributed by atoms with Crippen molar-refractivity contribution >= 4 is 12.0 Å². The summed E-state index contributed by atoms with van der Waals surface area (Å²) in [6.45, 7) is 5.42. The van der Waals surface area contributed by atoms with Gasteiger partial charge in [-0.05, 0) is 63.6 Å².